The van der Waals surface area contributed by atoms with Crippen LogP contribution in [0.25, 0.3) is 0 Å². The minimum atomic E-state index is -0.278. The molecule has 0 saturated carbocycles. The molecular formula is C24H23ClN4OS. The van der Waals surface area contributed by atoms with Gasteiger partial charge in [0.2, 0.25) is 11.1 Å². The van der Waals surface area contributed by atoms with Crippen molar-refractivity contribution in [2.24, 2.45) is 0 Å². The summed E-state index contributed by atoms with van der Waals surface area (Å²) in [6.07, 6.45) is 2.28. The van der Waals surface area contributed by atoms with E-state index in [0.717, 1.165) is 35.4 Å². The van der Waals surface area contributed by atoms with E-state index in [-0.39, 0.29) is 11.8 Å². The third-order valence-corrected chi connectivity index (χ3v) is 7.03. The van der Waals surface area contributed by atoms with Crippen LogP contribution in [0.5, 0.6) is 0 Å². The number of benzene rings is 2. The predicted octanol–water partition coefficient (Wildman–Crippen LogP) is 5.86. The van der Waals surface area contributed by atoms with E-state index in [1.807, 2.05) is 28.9 Å². The van der Waals surface area contributed by atoms with Gasteiger partial charge in [-0.15, -0.1) is 5.10 Å². The van der Waals surface area contributed by atoms with Gasteiger partial charge in [-0.3, -0.25) is 4.79 Å². The summed E-state index contributed by atoms with van der Waals surface area (Å²) in [6, 6.07) is 13.9. The number of aryl methyl sites for hydroxylation is 2. The molecule has 31 heavy (non-hydrogen) atoms. The number of fused-ring (bicyclic) bond motifs is 1. The van der Waals surface area contributed by atoms with E-state index in [1.54, 1.807) is 11.8 Å². The number of anilines is 1. The molecule has 1 aliphatic heterocycles. The maximum absolute atomic E-state index is 12.9. The first-order valence-corrected chi connectivity index (χ1v) is 11.8. The molecule has 0 amide bonds. The number of Topliss-reactive ketones (excluding diaryl/α,β-unsaturated/α-hetero) is 1. The Labute approximate surface area is 190 Å². The molecule has 3 aromatic rings. The molecule has 0 radical (unpaired) electrons. The maximum Gasteiger partial charge on any atom is 0.227 e. The third-order valence-electron chi connectivity index (χ3n) is 5.89. The summed E-state index contributed by atoms with van der Waals surface area (Å²) in [5, 5.41) is 9.57. The Bertz CT molecular complexity index is 1200. The van der Waals surface area contributed by atoms with Gasteiger partial charge in [0.25, 0.3) is 0 Å². The number of hydrogen-bond acceptors (Lipinski definition) is 5. The van der Waals surface area contributed by atoms with Crippen LogP contribution in [-0.4, -0.2) is 20.5 Å². The van der Waals surface area contributed by atoms with Crippen molar-refractivity contribution in [3.05, 3.63) is 81.0 Å². The standard InChI is InChI=1S/C24H23ClN4OS/c1-14-6-7-17(15(2)12-14)13-31-24-27-23-26-19-4-3-5-20(30)21(19)22(29(23)28-24)16-8-10-18(25)11-9-16/h6-12,22H,3-5,13H2,1-2H3,(H,26,27,28)/t22-/m0/s1. The van der Waals surface area contributed by atoms with Gasteiger partial charge >= 0.3 is 0 Å². The van der Waals surface area contributed by atoms with Crippen LogP contribution < -0.4 is 5.32 Å². The summed E-state index contributed by atoms with van der Waals surface area (Å²) < 4.78 is 1.86. The molecule has 1 atom stereocenters. The third kappa shape index (κ3) is 3.90. The molecule has 1 N–H and O–H groups in total. The number of carbonyl (C=O) groups is 1. The van der Waals surface area contributed by atoms with E-state index in [4.69, 9.17) is 21.7 Å². The molecule has 1 aliphatic carbocycles. The molecule has 158 valence electrons. The van der Waals surface area contributed by atoms with E-state index < -0.39 is 0 Å². The monoisotopic (exact) mass is 450 g/mol. The highest BCUT2D eigenvalue weighted by Crippen LogP contribution is 2.41. The Kier molecular flexibility index (Phi) is 5.36. The molecule has 1 aromatic heterocycles. The second-order valence-electron chi connectivity index (χ2n) is 8.13. The van der Waals surface area contributed by atoms with Crippen molar-refractivity contribution in [3.8, 4) is 0 Å². The second-order valence-corrected chi connectivity index (χ2v) is 9.51. The van der Waals surface area contributed by atoms with E-state index >= 15 is 0 Å². The molecule has 0 bridgehead atoms. The van der Waals surface area contributed by atoms with Crippen LogP contribution in [0.15, 0.2) is 58.9 Å². The van der Waals surface area contributed by atoms with Crippen LogP contribution in [0.2, 0.25) is 5.02 Å². The zero-order chi connectivity index (χ0) is 21.5. The summed E-state index contributed by atoms with van der Waals surface area (Å²) in [7, 11) is 0. The summed E-state index contributed by atoms with van der Waals surface area (Å²) in [6.45, 7) is 4.24. The van der Waals surface area contributed by atoms with Crippen molar-refractivity contribution in [2.45, 2.75) is 50.1 Å². The normalized spacial score (nSPS) is 17.9. The van der Waals surface area contributed by atoms with Crippen LogP contribution >= 0.6 is 23.4 Å². The Morgan fingerprint density at radius 1 is 1.16 bits per heavy atom. The number of halogens is 1. The zero-order valence-electron chi connectivity index (χ0n) is 17.5. The van der Waals surface area contributed by atoms with Crippen LogP contribution in [-0.2, 0) is 10.5 Å². The number of nitrogens with one attached hydrogen (secondary N) is 1. The molecule has 0 fully saturated rings. The van der Waals surface area contributed by atoms with Gasteiger partial charge in [-0.2, -0.15) is 4.98 Å². The molecule has 2 heterocycles. The second kappa shape index (κ2) is 8.17. The van der Waals surface area contributed by atoms with Crippen LogP contribution in [0.3, 0.4) is 0 Å². The van der Waals surface area contributed by atoms with Crippen molar-refractivity contribution in [1.29, 1.82) is 0 Å². The first-order chi connectivity index (χ1) is 15.0. The van der Waals surface area contributed by atoms with Gasteiger partial charge in [-0.1, -0.05) is 59.3 Å². The Hall–Kier alpha value is -2.57. The van der Waals surface area contributed by atoms with E-state index in [9.17, 15) is 4.79 Å². The number of allylic oxidation sites excluding steroid dienone is 2. The van der Waals surface area contributed by atoms with Crippen molar-refractivity contribution >= 4 is 35.1 Å². The SMILES string of the molecule is Cc1ccc(CSc2nc3n(n2)[C@@H](c2ccc(Cl)cc2)C2=C(CCCC2=O)N3)c(C)c1. The number of ketones is 1. The van der Waals surface area contributed by atoms with Gasteiger partial charge < -0.3 is 5.32 Å². The lowest BCUT2D eigenvalue weighted by atomic mass is 9.85. The van der Waals surface area contributed by atoms with Gasteiger partial charge in [0, 0.05) is 28.5 Å². The first kappa shape index (κ1) is 20.3. The van der Waals surface area contributed by atoms with Crippen molar-refractivity contribution < 1.29 is 4.79 Å². The lowest BCUT2D eigenvalue weighted by Crippen LogP contribution is -2.31. The highest BCUT2D eigenvalue weighted by Gasteiger charge is 2.36. The fourth-order valence-corrected chi connectivity index (χ4v) is 5.33. The summed E-state index contributed by atoms with van der Waals surface area (Å²) >= 11 is 7.73. The fourth-order valence-electron chi connectivity index (χ4n) is 4.30. The molecule has 5 rings (SSSR count). The van der Waals surface area contributed by atoms with Gasteiger partial charge in [0.1, 0.15) is 6.04 Å². The largest absolute Gasteiger partial charge is 0.328 e. The van der Waals surface area contributed by atoms with Crippen LogP contribution in [0.1, 0.15) is 47.6 Å². The molecule has 5 nitrogen and oxygen atoms in total. The smallest absolute Gasteiger partial charge is 0.227 e. The summed E-state index contributed by atoms with van der Waals surface area (Å²) in [5.74, 6) is 1.67. The Balaban J connectivity index is 1.49. The molecule has 2 aliphatic rings. The average Bonchev–Trinajstić information content (AvgIpc) is 3.15. The molecular weight excluding hydrogens is 428 g/mol. The summed E-state index contributed by atoms with van der Waals surface area (Å²) in [4.78, 5) is 17.6. The number of aromatic nitrogens is 3. The van der Waals surface area contributed by atoms with Gasteiger partial charge in [-0.05, 0) is 55.5 Å². The molecule has 2 aromatic carbocycles. The molecule has 0 spiro atoms. The number of nitrogens with zero attached hydrogens (tertiary/aromatic N) is 3. The average molecular weight is 451 g/mol. The van der Waals surface area contributed by atoms with Crippen molar-refractivity contribution in [3.63, 3.8) is 0 Å². The molecule has 0 unspecified atom stereocenters. The van der Waals surface area contributed by atoms with Crippen LogP contribution in [0, 0.1) is 13.8 Å². The lowest BCUT2D eigenvalue weighted by Gasteiger charge is -2.32. The van der Waals surface area contributed by atoms with Gasteiger partial charge in [0.15, 0.2) is 5.78 Å². The van der Waals surface area contributed by atoms with E-state index in [1.165, 1.54) is 16.7 Å². The van der Waals surface area contributed by atoms with Crippen molar-refractivity contribution in [2.75, 3.05) is 5.32 Å². The topological polar surface area (TPSA) is 59.8 Å². The maximum atomic E-state index is 12.9. The van der Waals surface area contributed by atoms with Crippen molar-refractivity contribution in [1.82, 2.24) is 14.8 Å². The molecule has 7 heteroatoms. The number of rotatable bonds is 4. The quantitative estimate of drug-likeness (QED) is 0.504. The van der Waals surface area contributed by atoms with Crippen LogP contribution in [0.4, 0.5) is 5.95 Å². The zero-order valence-corrected chi connectivity index (χ0v) is 19.1. The highest BCUT2D eigenvalue weighted by molar-refractivity contribution is 7.98. The van der Waals surface area contributed by atoms with Gasteiger partial charge in [0.05, 0.1) is 0 Å². The number of thioether (sulfide) groups is 1. The van der Waals surface area contributed by atoms with Gasteiger partial charge in [-0.25, -0.2) is 4.68 Å². The number of carbonyl (C=O) groups excluding carboxylic acids is 1. The minimum Gasteiger partial charge on any atom is -0.328 e. The minimum absolute atomic E-state index is 0.180. The number of hydrogen-bond donors (Lipinski definition) is 1. The highest BCUT2D eigenvalue weighted by atomic mass is 35.5. The first-order valence-electron chi connectivity index (χ1n) is 10.4. The summed E-state index contributed by atoms with van der Waals surface area (Å²) in [5.41, 5.74) is 6.58. The van der Waals surface area contributed by atoms with E-state index in [2.05, 4.69) is 37.4 Å². The fraction of sp³-hybridized carbons (Fsp3) is 0.292. The lowest BCUT2D eigenvalue weighted by molar-refractivity contribution is -0.116. The van der Waals surface area contributed by atoms with E-state index in [0.29, 0.717) is 22.5 Å². The molecule has 0 saturated heterocycles. The Morgan fingerprint density at radius 2 is 1.97 bits per heavy atom. The predicted molar refractivity (Wildman–Crippen MR) is 125 cm³/mol. The Morgan fingerprint density at radius 3 is 2.74 bits per heavy atom.